The Morgan fingerprint density at radius 3 is 1.58 bits per heavy atom. The highest BCUT2D eigenvalue weighted by Crippen LogP contribution is 1.87. The fourth-order valence-corrected chi connectivity index (χ4v) is 0.283. The molecule has 0 bridgehead atoms. The largest absolute Gasteiger partial charge is 0.481 e. The van der Waals surface area contributed by atoms with Gasteiger partial charge < -0.3 is 9.90 Å². The van der Waals surface area contributed by atoms with E-state index in [1.54, 1.807) is 0 Å². The SMILES string of the molecule is CC(=O)CCC(=O)O.CC(C)C. The normalized spacial score (nSPS) is 8.75. The first-order chi connectivity index (χ1) is 5.36. The summed E-state index contributed by atoms with van der Waals surface area (Å²) < 4.78 is 0. The Kier molecular flexibility index (Phi) is 9.41. The highest BCUT2D eigenvalue weighted by atomic mass is 16.4. The van der Waals surface area contributed by atoms with Crippen LogP contribution in [0.1, 0.15) is 40.5 Å². The quantitative estimate of drug-likeness (QED) is 0.712. The lowest BCUT2D eigenvalue weighted by molar-refractivity contribution is -0.138. The molecule has 0 aromatic carbocycles. The number of carboxylic acid groups (broad SMARTS) is 1. The standard InChI is InChI=1S/C5H8O3.C4H10/c1-4(6)2-3-5(7)8;1-4(2)3/h2-3H2,1H3,(H,7,8);4H,1-3H3. The molecule has 0 spiro atoms. The minimum atomic E-state index is -0.916. The molecule has 0 aliphatic carbocycles. The van der Waals surface area contributed by atoms with Crippen molar-refractivity contribution in [2.75, 3.05) is 0 Å². The molecule has 3 heteroatoms. The molecule has 0 unspecified atom stereocenters. The van der Waals surface area contributed by atoms with Gasteiger partial charge in [0, 0.05) is 6.42 Å². The van der Waals surface area contributed by atoms with Crippen molar-refractivity contribution in [3.8, 4) is 0 Å². The van der Waals surface area contributed by atoms with E-state index < -0.39 is 5.97 Å². The monoisotopic (exact) mass is 174 g/mol. The molecule has 0 aromatic rings. The Morgan fingerprint density at radius 1 is 1.17 bits per heavy atom. The molecule has 0 aliphatic rings. The van der Waals surface area contributed by atoms with E-state index in [1.165, 1.54) is 6.92 Å². The van der Waals surface area contributed by atoms with Gasteiger partial charge in [-0.3, -0.25) is 4.79 Å². The topological polar surface area (TPSA) is 54.4 Å². The van der Waals surface area contributed by atoms with Crippen molar-refractivity contribution in [1.82, 2.24) is 0 Å². The fraction of sp³-hybridized carbons (Fsp3) is 0.778. The number of carbonyl (C=O) groups is 2. The molecule has 3 nitrogen and oxygen atoms in total. The minimum Gasteiger partial charge on any atom is -0.481 e. The zero-order chi connectivity index (χ0) is 10.1. The molecule has 12 heavy (non-hydrogen) atoms. The molecule has 0 saturated carbocycles. The van der Waals surface area contributed by atoms with E-state index in [-0.39, 0.29) is 18.6 Å². The maximum absolute atomic E-state index is 10.1. The molecule has 0 heterocycles. The van der Waals surface area contributed by atoms with Gasteiger partial charge in [0.1, 0.15) is 5.78 Å². The van der Waals surface area contributed by atoms with Crippen molar-refractivity contribution in [2.45, 2.75) is 40.5 Å². The molecular formula is C9H18O3. The van der Waals surface area contributed by atoms with Crippen LogP contribution in [0.5, 0.6) is 0 Å². The highest BCUT2D eigenvalue weighted by molar-refractivity contribution is 5.80. The number of hydrogen-bond donors (Lipinski definition) is 1. The molecule has 0 radical (unpaired) electrons. The van der Waals surface area contributed by atoms with Crippen LogP contribution in [-0.4, -0.2) is 16.9 Å². The van der Waals surface area contributed by atoms with E-state index in [1.807, 2.05) is 0 Å². The van der Waals surface area contributed by atoms with E-state index in [4.69, 9.17) is 5.11 Å². The van der Waals surface area contributed by atoms with Crippen LogP contribution in [0.4, 0.5) is 0 Å². The van der Waals surface area contributed by atoms with Crippen LogP contribution in [-0.2, 0) is 9.59 Å². The van der Waals surface area contributed by atoms with Crippen LogP contribution < -0.4 is 0 Å². The summed E-state index contributed by atoms with van der Waals surface area (Å²) in [6, 6.07) is 0. The number of aliphatic carboxylic acids is 1. The smallest absolute Gasteiger partial charge is 0.303 e. The summed E-state index contributed by atoms with van der Waals surface area (Å²) in [6.45, 7) is 7.88. The average molecular weight is 174 g/mol. The Labute approximate surface area is 73.8 Å². The van der Waals surface area contributed by atoms with Crippen molar-refractivity contribution in [1.29, 1.82) is 0 Å². The van der Waals surface area contributed by atoms with Crippen LogP contribution in [0, 0.1) is 5.92 Å². The van der Waals surface area contributed by atoms with Crippen molar-refractivity contribution in [2.24, 2.45) is 5.92 Å². The summed E-state index contributed by atoms with van der Waals surface area (Å²) in [5, 5.41) is 8.01. The number of Topliss-reactive ketones (excluding diaryl/α,β-unsaturated/α-hetero) is 1. The summed E-state index contributed by atoms with van der Waals surface area (Å²) in [5.41, 5.74) is 0. The second-order valence-electron chi connectivity index (χ2n) is 3.33. The Morgan fingerprint density at radius 2 is 1.50 bits per heavy atom. The van der Waals surface area contributed by atoms with Crippen LogP contribution in [0.3, 0.4) is 0 Å². The van der Waals surface area contributed by atoms with Gasteiger partial charge in [0.05, 0.1) is 6.42 Å². The van der Waals surface area contributed by atoms with Gasteiger partial charge in [0.25, 0.3) is 0 Å². The van der Waals surface area contributed by atoms with E-state index in [0.717, 1.165) is 5.92 Å². The summed E-state index contributed by atoms with van der Waals surface area (Å²) in [6.07, 6.45) is 0.102. The third-order valence-electron chi connectivity index (χ3n) is 0.691. The third kappa shape index (κ3) is 35.3. The maximum atomic E-state index is 10.1. The molecule has 0 fully saturated rings. The van der Waals surface area contributed by atoms with Crippen molar-refractivity contribution < 1.29 is 14.7 Å². The summed E-state index contributed by atoms with van der Waals surface area (Å²) in [7, 11) is 0. The van der Waals surface area contributed by atoms with Crippen LogP contribution in [0.25, 0.3) is 0 Å². The predicted octanol–water partition coefficient (Wildman–Crippen LogP) is 2.10. The van der Waals surface area contributed by atoms with Crippen LogP contribution >= 0.6 is 0 Å². The molecule has 0 rings (SSSR count). The molecule has 0 aliphatic heterocycles. The third-order valence-corrected chi connectivity index (χ3v) is 0.691. The van der Waals surface area contributed by atoms with E-state index >= 15 is 0 Å². The molecule has 0 amide bonds. The number of hydrogen-bond acceptors (Lipinski definition) is 2. The molecule has 72 valence electrons. The number of rotatable bonds is 3. The fourth-order valence-electron chi connectivity index (χ4n) is 0.283. The summed E-state index contributed by atoms with van der Waals surface area (Å²) in [4.78, 5) is 19.8. The molecular weight excluding hydrogens is 156 g/mol. The first-order valence-electron chi connectivity index (χ1n) is 4.07. The predicted molar refractivity (Wildman–Crippen MR) is 48.1 cm³/mol. The van der Waals surface area contributed by atoms with Crippen LogP contribution in [0.15, 0.2) is 0 Å². The van der Waals surface area contributed by atoms with Crippen LogP contribution in [0.2, 0.25) is 0 Å². The van der Waals surface area contributed by atoms with Crippen molar-refractivity contribution in [3.05, 3.63) is 0 Å². The minimum absolute atomic E-state index is 0.0463. The van der Waals surface area contributed by atoms with Gasteiger partial charge in [-0.15, -0.1) is 0 Å². The number of ketones is 1. The molecule has 0 atom stereocenters. The van der Waals surface area contributed by atoms with Gasteiger partial charge >= 0.3 is 5.97 Å². The lowest BCUT2D eigenvalue weighted by Crippen LogP contribution is -1.98. The lowest BCUT2D eigenvalue weighted by Gasteiger charge is -1.86. The Balaban J connectivity index is 0. The highest BCUT2D eigenvalue weighted by Gasteiger charge is 1.97. The zero-order valence-electron chi connectivity index (χ0n) is 8.26. The zero-order valence-corrected chi connectivity index (χ0v) is 8.26. The van der Waals surface area contributed by atoms with Gasteiger partial charge in [-0.05, 0) is 12.8 Å². The number of carboxylic acids is 1. The van der Waals surface area contributed by atoms with Gasteiger partial charge in [-0.2, -0.15) is 0 Å². The van der Waals surface area contributed by atoms with Gasteiger partial charge in [0.2, 0.25) is 0 Å². The Bertz CT molecular complexity index is 122. The maximum Gasteiger partial charge on any atom is 0.303 e. The van der Waals surface area contributed by atoms with Gasteiger partial charge in [-0.25, -0.2) is 0 Å². The van der Waals surface area contributed by atoms with Crippen molar-refractivity contribution in [3.63, 3.8) is 0 Å². The first kappa shape index (κ1) is 13.7. The van der Waals surface area contributed by atoms with E-state index in [9.17, 15) is 9.59 Å². The first-order valence-corrected chi connectivity index (χ1v) is 4.07. The van der Waals surface area contributed by atoms with E-state index in [2.05, 4.69) is 20.8 Å². The van der Waals surface area contributed by atoms with E-state index in [0.29, 0.717) is 0 Å². The summed E-state index contributed by atoms with van der Waals surface area (Å²) in [5.74, 6) is -0.160. The lowest BCUT2D eigenvalue weighted by atomic mass is 10.2. The molecule has 0 saturated heterocycles. The van der Waals surface area contributed by atoms with Gasteiger partial charge in [0.15, 0.2) is 0 Å². The average Bonchev–Trinajstić information content (AvgIpc) is 1.82. The van der Waals surface area contributed by atoms with Crippen molar-refractivity contribution >= 4 is 11.8 Å². The van der Waals surface area contributed by atoms with Gasteiger partial charge in [-0.1, -0.05) is 20.8 Å². The molecule has 1 N–H and O–H groups in total. The second-order valence-corrected chi connectivity index (χ2v) is 3.33. The molecule has 0 aromatic heterocycles. The second kappa shape index (κ2) is 8.24. The number of carbonyl (C=O) groups excluding carboxylic acids is 1. The Hall–Kier alpha value is -0.860. The summed E-state index contributed by atoms with van der Waals surface area (Å²) >= 11 is 0.